The van der Waals surface area contributed by atoms with Gasteiger partial charge in [-0.05, 0) is 48.7 Å². The normalized spacial score (nSPS) is 10.7. The molecule has 134 valence electrons. The number of hydrogen-bond acceptors (Lipinski definition) is 4. The average Bonchev–Trinajstić information content (AvgIpc) is 2.65. The molecule has 0 unspecified atom stereocenters. The van der Waals surface area contributed by atoms with E-state index in [2.05, 4.69) is 10.3 Å². The van der Waals surface area contributed by atoms with Crippen LogP contribution in [0, 0.1) is 5.82 Å². The highest BCUT2D eigenvalue weighted by atomic mass is 19.1. The minimum absolute atomic E-state index is 0.182. The number of carbonyl (C=O) groups is 1. The average molecular weight is 352 g/mol. The van der Waals surface area contributed by atoms with Crippen LogP contribution in [0.5, 0.6) is 0 Å². The number of fused-ring (bicyclic) bond motifs is 1. The van der Waals surface area contributed by atoms with Gasteiger partial charge in [0, 0.05) is 30.2 Å². The molecule has 0 amide bonds. The van der Waals surface area contributed by atoms with Gasteiger partial charge in [-0.1, -0.05) is 24.3 Å². The zero-order valence-corrected chi connectivity index (χ0v) is 14.7. The van der Waals surface area contributed by atoms with Crippen molar-refractivity contribution in [3.05, 3.63) is 71.7 Å². The number of esters is 1. The Bertz CT molecular complexity index is 911. The van der Waals surface area contributed by atoms with E-state index in [1.54, 1.807) is 19.2 Å². The van der Waals surface area contributed by atoms with Crippen molar-refractivity contribution in [2.24, 2.45) is 0 Å². The molecule has 3 aromatic rings. The van der Waals surface area contributed by atoms with Gasteiger partial charge in [-0.25, -0.2) is 4.39 Å². The fraction of sp³-hybridized carbons (Fsp3) is 0.238. The fourth-order valence-corrected chi connectivity index (χ4v) is 2.76. The van der Waals surface area contributed by atoms with Crippen LogP contribution in [0.2, 0.25) is 0 Å². The minimum atomic E-state index is -0.320. The summed E-state index contributed by atoms with van der Waals surface area (Å²) >= 11 is 0. The van der Waals surface area contributed by atoms with Crippen LogP contribution >= 0.6 is 0 Å². The fourth-order valence-electron chi connectivity index (χ4n) is 2.76. The second-order valence-electron chi connectivity index (χ2n) is 6.00. The summed E-state index contributed by atoms with van der Waals surface area (Å²) in [7, 11) is 0. The third-order valence-corrected chi connectivity index (χ3v) is 4.12. The van der Waals surface area contributed by atoms with Crippen molar-refractivity contribution in [3.8, 4) is 0 Å². The maximum atomic E-state index is 14.2. The summed E-state index contributed by atoms with van der Waals surface area (Å²) in [5, 5.41) is 4.31. The van der Waals surface area contributed by atoms with E-state index in [1.165, 1.54) is 6.07 Å². The van der Waals surface area contributed by atoms with Gasteiger partial charge < -0.3 is 10.1 Å². The molecule has 5 heteroatoms. The van der Waals surface area contributed by atoms with Crippen LogP contribution in [0.3, 0.4) is 0 Å². The lowest BCUT2D eigenvalue weighted by Gasteiger charge is -2.10. The van der Waals surface area contributed by atoms with Gasteiger partial charge in [-0.3, -0.25) is 9.78 Å². The highest BCUT2D eigenvalue weighted by Gasteiger charge is 2.08. The van der Waals surface area contributed by atoms with Gasteiger partial charge in [0.15, 0.2) is 0 Å². The molecular weight excluding hydrogens is 331 g/mol. The summed E-state index contributed by atoms with van der Waals surface area (Å²) in [6.07, 6.45) is 2.28. The Labute approximate surface area is 152 Å². The second-order valence-corrected chi connectivity index (χ2v) is 6.00. The smallest absolute Gasteiger partial charge is 0.306 e. The summed E-state index contributed by atoms with van der Waals surface area (Å²) in [5.74, 6) is -0.626. The van der Waals surface area contributed by atoms with Crippen molar-refractivity contribution in [1.82, 2.24) is 4.98 Å². The van der Waals surface area contributed by atoms with Crippen LogP contribution in [-0.2, 0) is 22.5 Å². The summed E-state index contributed by atoms with van der Waals surface area (Å²) in [5.41, 5.74) is 3.22. The lowest BCUT2D eigenvalue weighted by molar-refractivity contribution is -0.143. The van der Waals surface area contributed by atoms with Crippen molar-refractivity contribution < 1.29 is 13.9 Å². The summed E-state index contributed by atoms with van der Waals surface area (Å²) in [6, 6.07) is 15.0. The predicted molar refractivity (Wildman–Crippen MR) is 100 cm³/mol. The van der Waals surface area contributed by atoms with Crippen LogP contribution < -0.4 is 5.32 Å². The van der Waals surface area contributed by atoms with E-state index in [0.717, 1.165) is 16.5 Å². The van der Waals surface area contributed by atoms with E-state index in [9.17, 15) is 9.18 Å². The van der Waals surface area contributed by atoms with Gasteiger partial charge in [0.05, 0.1) is 12.1 Å². The topological polar surface area (TPSA) is 51.2 Å². The quantitative estimate of drug-likeness (QED) is 0.637. The highest BCUT2D eigenvalue weighted by molar-refractivity contribution is 5.78. The molecule has 0 fully saturated rings. The number of anilines is 1. The zero-order valence-electron chi connectivity index (χ0n) is 14.7. The number of aryl methyl sites for hydroxylation is 1. The molecule has 0 saturated heterocycles. The van der Waals surface area contributed by atoms with Gasteiger partial charge >= 0.3 is 5.97 Å². The van der Waals surface area contributed by atoms with E-state index in [1.807, 2.05) is 36.4 Å². The summed E-state index contributed by atoms with van der Waals surface area (Å²) < 4.78 is 19.1. The largest absolute Gasteiger partial charge is 0.466 e. The first-order valence-electron chi connectivity index (χ1n) is 8.67. The minimum Gasteiger partial charge on any atom is -0.466 e. The molecule has 4 nitrogen and oxygen atoms in total. The molecule has 0 atom stereocenters. The molecular formula is C21H21FN2O2. The maximum absolute atomic E-state index is 14.2. The van der Waals surface area contributed by atoms with E-state index in [0.29, 0.717) is 30.8 Å². The van der Waals surface area contributed by atoms with Crippen molar-refractivity contribution in [3.63, 3.8) is 0 Å². The number of nitrogens with one attached hydrogen (secondary N) is 1. The molecule has 1 aromatic heterocycles. The third kappa shape index (κ3) is 4.57. The second kappa shape index (κ2) is 8.43. The number of hydrogen-bond donors (Lipinski definition) is 1. The Morgan fingerprint density at radius 2 is 2.08 bits per heavy atom. The standard InChI is InChI=1S/C21H21FN2O2/c1-2-26-21(25)10-8-16-7-9-18(13-19(16)22)24-14-15-5-6-17-4-3-11-23-20(17)12-15/h3-7,9,11-13,24H,2,8,10,14H2,1H3. The van der Waals surface area contributed by atoms with Crippen LogP contribution in [0.1, 0.15) is 24.5 Å². The van der Waals surface area contributed by atoms with Gasteiger partial charge in [-0.15, -0.1) is 0 Å². The molecule has 26 heavy (non-hydrogen) atoms. The number of rotatable bonds is 7. The maximum Gasteiger partial charge on any atom is 0.306 e. The molecule has 0 aliphatic heterocycles. The van der Waals surface area contributed by atoms with Crippen molar-refractivity contribution in [2.45, 2.75) is 26.3 Å². The van der Waals surface area contributed by atoms with Gasteiger partial charge in [-0.2, -0.15) is 0 Å². The summed E-state index contributed by atoms with van der Waals surface area (Å²) in [4.78, 5) is 15.7. The van der Waals surface area contributed by atoms with Gasteiger partial charge in [0.2, 0.25) is 0 Å². The number of aromatic nitrogens is 1. The first-order valence-corrected chi connectivity index (χ1v) is 8.67. The molecule has 3 rings (SSSR count). The highest BCUT2D eigenvalue weighted by Crippen LogP contribution is 2.18. The molecule has 0 spiro atoms. The van der Waals surface area contributed by atoms with Crippen LogP contribution in [0.25, 0.3) is 10.9 Å². The molecule has 1 N–H and O–H groups in total. The van der Waals surface area contributed by atoms with Gasteiger partial charge in [0.25, 0.3) is 0 Å². The molecule has 0 saturated carbocycles. The van der Waals surface area contributed by atoms with Gasteiger partial charge in [0.1, 0.15) is 5.82 Å². The van der Waals surface area contributed by atoms with E-state index >= 15 is 0 Å². The van der Waals surface area contributed by atoms with Crippen LogP contribution in [-0.4, -0.2) is 17.6 Å². The number of carbonyl (C=O) groups excluding carboxylic acids is 1. The molecule has 0 aliphatic carbocycles. The zero-order chi connectivity index (χ0) is 18.4. The number of benzene rings is 2. The number of ether oxygens (including phenoxy) is 1. The molecule has 0 aliphatic rings. The van der Waals surface area contributed by atoms with Crippen molar-refractivity contribution >= 4 is 22.6 Å². The van der Waals surface area contributed by atoms with Crippen molar-refractivity contribution in [1.29, 1.82) is 0 Å². The molecule has 0 bridgehead atoms. The molecule has 2 aromatic carbocycles. The van der Waals surface area contributed by atoms with E-state index in [-0.39, 0.29) is 18.2 Å². The van der Waals surface area contributed by atoms with Crippen LogP contribution in [0.15, 0.2) is 54.7 Å². The molecule has 1 heterocycles. The first-order chi connectivity index (χ1) is 12.7. The molecule has 0 radical (unpaired) electrons. The Hall–Kier alpha value is -2.95. The number of nitrogens with zero attached hydrogens (tertiary/aromatic N) is 1. The van der Waals surface area contributed by atoms with E-state index in [4.69, 9.17) is 4.74 Å². The third-order valence-electron chi connectivity index (χ3n) is 4.12. The SMILES string of the molecule is CCOC(=O)CCc1ccc(NCc2ccc3cccnc3c2)cc1F. The lowest BCUT2D eigenvalue weighted by Crippen LogP contribution is -2.06. The number of halogens is 1. The monoisotopic (exact) mass is 352 g/mol. The van der Waals surface area contributed by atoms with E-state index < -0.39 is 0 Å². The van der Waals surface area contributed by atoms with Crippen LogP contribution in [0.4, 0.5) is 10.1 Å². The summed E-state index contributed by atoms with van der Waals surface area (Å²) in [6.45, 7) is 2.67. The van der Waals surface area contributed by atoms with Crippen molar-refractivity contribution in [2.75, 3.05) is 11.9 Å². The Balaban J connectivity index is 1.61. The first kappa shape index (κ1) is 17.9. The lowest BCUT2D eigenvalue weighted by atomic mass is 10.1. The Morgan fingerprint density at radius 1 is 1.19 bits per heavy atom. The number of pyridine rings is 1. The Morgan fingerprint density at radius 3 is 2.88 bits per heavy atom. The Kier molecular flexibility index (Phi) is 5.79. The predicted octanol–water partition coefficient (Wildman–Crippen LogP) is 4.48.